The van der Waals surface area contributed by atoms with Gasteiger partial charge >= 0.3 is 0 Å². The van der Waals surface area contributed by atoms with Crippen molar-refractivity contribution in [3.8, 4) is 10.6 Å². The van der Waals surface area contributed by atoms with Crippen molar-refractivity contribution in [1.29, 1.82) is 0 Å². The van der Waals surface area contributed by atoms with Crippen molar-refractivity contribution >= 4 is 17.2 Å². The number of carbonyl (C=O) groups is 1. The molecule has 0 aliphatic carbocycles. The number of methoxy groups -OCH3 is 1. The van der Waals surface area contributed by atoms with Gasteiger partial charge in [-0.3, -0.25) is 4.79 Å². The summed E-state index contributed by atoms with van der Waals surface area (Å²) in [4.78, 5) is 17.2. The summed E-state index contributed by atoms with van der Waals surface area (Å²) < 4.78 is 19.2. The van der Waals surface area contributed by atoms with E-state index >= 15 is 0 Å². The molecule has 1 amide bonds. The molecule has 0 saturated carbocycles. The number of benzene rings is 1. The maximum atomic E-state index is 13.9. The Labute approximate surface area is 150 Å². The Kier molecular flexibility index (Phi) is 5.78. The molecule has 5 nitrogen and oxygen atoms in total. The normalized spacial score (nSPS) is 16.6. The molecule has 1 aliphatic rings. The lowest BCUT2D eigenvalue weighted by atomic mass is 9.79. The number of hydrogen-bond donors (Lipinski definition) is 2. The molecule has 3 rings (SSSR count). The van der Waals surface area contributed by atoms with Crippen LogP contribution in [0, 0.1) is 11.2 Å². The number of nitrogens with one attached hydrogen (secondary N) is 2. The molecule has 1 aromatic heterocycles. The van der Waals surface area contributed by atoms with E-state index in [0.717, 1.165) is 25.9 Å². The zero-order valence-electron chi connectivity index (χ0n) is 14.2. The Morgan fingerprint density at radius 2 is 2.16 bits per heavy atom. The first kappa shape index (κ1) is 18.0. The molecular formula is C18H22FN3O2S. The van der Waals surface area contributed by atoms with Gasteiger partial charge in [-0.15, -0.1) is 11.3 Å². The third-order valence-electron chi connectivity index (χ3n) is 4.57. The van der Waals surface area contributed by atoms with Crippen LogP contribution in [0.25, 0.3) is 10.6 Å². The van der Waals surface area contributed by atoms with Gasteiger partial charge in [-0.25, -0.2) is 9.37 Å². The van der Waals surface area contributed by atoms with E-state index in [1.54, 1.807) is 25.3 Å². The van der Waals surface area contributed by atoms with Crippen LogP contribution in [0.5, 0.6) is 0 Å². The van der Waals surface area contributed by atoms with Gasteiger partial charge in [-0.1, -0.05) is 12.1 Å². The Morgan fingerprint density at radius 1 is 1.40 bits per heavy atom. The van der Waals surface area contributed by atoms with E-state index in [1.165, 1.54) is 23.6 Å². The highest BCUT2D eigenvalue weighted by Crippen LogP contribution is 2.29. The fraction of sp³-hybridized carbons (Fsp3) is 0.444. The number of amides is 1. The topological polar surface area (TPSA) is 63.2 Å². The van der Waals surface area contributed by atoms with Crippen molar-refractivity contribution in [2.24, 2.45) is 5.41 Å². The van der Waals surface area contributed by atoms with E-state index in [9.17, 15) is 9.18 Å². The molecule has 25 heavy (non-hydrogen) atoms. The third kappa shape index (κ3) is 4.23. The number of piperidine rings is 1. The summed E-state index contributed by atoms with van der Waals surface area (Å²) in [6, 6.07) is 6.44. The number of rotatable bonds is 6. The first-order valence-corrected chi connectivity index (χ1v) is 9.14. The van der Waals surface area contributed by atoms with E-state index in [1.807, 2.05) is 0 Å². The lowest BCUT2D eigenvalue weighted by Gasteiger charge is -2.37. The van der Waals surface area contributed by atoms with Crippen LogP contribution in [-0.4, -0.2) is 44.2 Å². The van der Waals surface area contributed by atoms with Gasteiger partial charge in [-0.2, -0.15) is 0 Å². The predicted octanol–water partition coefficient (Wildman–Crippen LogP) is 2.70. The lowest BCUT2D eigenvalue weighted by Crippen LogP contribution is -2.47. The predicted molar refractivity (Wildman–Crippen MR) is 96.3 cm³/mol. The number of nitrogens with zero attached hydrogens (tertiary/aromatic N) is 1. The molecule has 7 heteroatoms. The van der Waals surface area contributed by atoms with E-state index in [4.69, 9.17) is 4.74 Å². The molecule has 2 N–H and O–H groups in total. The monoisotopic (exact) mass is 363 g/mol. The van der Waals surface area contributed by atoms with Gasteiger partial charge in [0.15, 0.2) is 0 Å². The summed E-state index contributed by atoms with van der Waals surface area (Å²) in [5.74, 6) is -0.508. The molecule has 1 aromatic carbocycles. The van der Waals surface area contributed by atoms with Crippen LogP contribution in [-0.2, 0) is 4.74 Å². The van der Waals surface area contributed by atoms with Gasteiger partial charge in [0.1, 0.15) is 15.7 Å². The van der Waals surface area contributed by atoms with Crippen molar-refractivity contribution in [2.45, 2.75) is 12.8 Å². The SMILES string of the molecule is COCC1(CNC(=O)c2cnc(-c3ccccc3F)s2)CCNCC1. The molecule has 0 bridgehead atoms. The molecule has 0 atom stereocenters. The van der Waals surface area contributed by atoms with E-state index in [-0.39, 0.29) is 17.1 Å². The standard InChI is InChI=1S/C18H22FN3O2S/c1-24-12-18(6-8-20-9-7-18)11-22-16(23)15-10-21-17(25-15)13-4-2-3-5-14(13)19/h2-5,10,20H,6-9,11-12H2,1H3,(H,22,23). The average Bonchev–Trinajstić information content (AvgIpc) is 3.11. The van der Waals surface area contributed by atoms with Crippen molar-refractivity contribution in [2.75, 3.05) is 33.4 Å². The van der Waals surface area contributed by atoms with E-state index < -0.39 is 0 Å². The van der Waals surface area contributed by atoms with Crippen molar-refractivity contribution in [3.05, 3.63) is 41.2 Å². The Hall–Kier alpha value is -1.83. The molecule has 0 spiro atoms. The fourth-order valence-electron chi connectivity index (χ4n) is 3.13. The van der Waals surface area contributed by atoms with Crippen molar-refractivity contribution in [3.63, 3.8) is 0 Å². The maximum Gasteiger partial charge on any atom is 0.263 e. The first-order valence-electron chi connectivity index (χ1n) is 8.32. The van der Waals surface area contributed by atoms with Crippen LogP contribution in [0.4, 0.5) is 4.39 Å². The minimum atomic E-state index is -0.336. The van der Waals surface area contributed by atoms with Crippen LogP contribution >= 0.6 is 11.3 Å². The zero-order valence-corrected chi connectivity index (χ0v) is 15.0. The second kappa shape index (κ2) is 8.03. The van der Waals surface area contributed by atoms with Gasteiger partial charge < -0.3 is 15.4 Å². The molecular weight excluding hydrogens is 341 g/mol. The highest BCUT2D eigenvalue weighted by Gasteiger charge is 2.32. The number of halogens is 1. The molecule has 1 fully saturated rings. The molecule has 1 saturated heterocycles. The molecule has 2 aromatic rings. The molecule has 2 heterocycles. The molecule has 0 unspecified atom stereocenters. The summed E-state index contributed by atoms with van der Waals surface area (Å²) >= 11 is 1.20. The highest BCUT2D eigenvalue weighted by atomic mass is 32.1. The molecule has 1 aliphatic heterocycles. The lowest BCUT2D eigenvalue weighted by molar-refractivity contribution is 0.0512. The number of hydrogen-bond acceptors (Lipinski definition) is 5. The Morgan fingerprint density at radius 3 is 2.88 bits per heavy atom. The summed E-state index contributed by atoms with van der Waals surface area (Å²) in [6.07, 6.45) is 3.43. The Bertz CT molecular complexity index is 723. The number of thiazole rings is 1. The fourth-order valence-corrected chi connectivity index (χ4v) is 3.99. The van der Waals surface area contributed by atoms with Crippen LogP contribution in [0.2, 0.25) is 0 Å². The number of aromatic nitrogens is 1. The van der Waals surface area contributed by atoms with Gasteiger partial charge in [0, 0.05) is 24.6 Å². The largest absolute Gasteiger partial charge is 0.384 e. The van der Waals surface area contributed by atoms with Gasteiger partial charge in [0.25, 0.3) is 5.91 Å². The van der Waals surface area contributed by atoms with Gasteiger partial charge in [-0.05, 0) is 38.1 Å². The van der Waals surface area contributed by atoms with Crippen LogP contribution in [0.15, 0.2) is 30.5 Å². The minimum Gasteiger partial charge on any atom is -0.384 e. The van der Waals surface area contributed by atoms with Crippen LogP contribution in [0.3, 0.4) is 0 Å². The molecule has 0 radical (unpaired) electrons. The smallest absolute Gasteiger partial charge is 0.263 e. The minimum absolute atomic E-state index is 0.0330. The van der Waals surface area contributed by atoms with Gasteiger partial charge in [0.05, 0.1) is 12.8 Å². The number of ether oxygens (including phenoxy) is 1. The third-order valence-corrected chi connectivity index (χ3v) is 5.60. The average molecular weight is 363 g/mol. The highest BCUT2D eigenvalue weighted by molar-refractivity contribution is 7.16. The second-order valence-electron chi connectivity index (χ2n) is 6.38. The summed E-state index contributed by atoms with van der Waals surface area (Å²) in [6.45, 7) is 3.04. The number of carbonyl (C=O) groups excluding carboxylic acids is 1. The summed E-state index contributed by atoms with van der Waals surface area (Å²) in [5, 5.41) is 6.85. The summed E-state index contributed by atoms with van der Waals surface area (Å²) in [7, 11) is 1.69. The van der Waals surface area contributed by atoms with Crippen LogP contribution < -0.4 is 10.6 Å². The molecule has 134 valence electrons. The van der Waals surface area contributed by atoms with Gasteiger partial charge in [0.2, 0.25) is 0 Å². The summed E-state index contributed by atoms with van der Waals surface area (Å²) in [5.41, 5.74) is 0.384. The quantitative estimate of drug-likeness (QED) is 0.828. The van der Waals surface area contributed by atoms with E-state index in [0.29, 0.717) is 28.6 Å². The zero-order chi connectivity index (χ0) is 17.7. The first-order chi connectivity index (χ1) is 12.1. The van der Waals surface area contributed by atoms with E-state index in [2.05, 4.69) is 15.6 Å². The van der Waals surface area contributed by atoms with Crippen molar-refractivity contribution < 1.29 is 13.9 Å². The maximum absolute atomic E-state index is 13.9. The Balaban J connectivity index is 1.66. The van der Waals surface area contributed by atoms with Crippen molar-refractivity contribution in [1.82, 2.24) is 15.6 Å². The second-order valence-corrected chi connectivity index (χ2v) is 7.41. The van der Waals surface area contributed by atoms with Crippen LogP contribution in [0.1, 0.15) is 22.5 Å².